The summed E-state index contributed by atoms with van der Waals surface area (Å²) < 4.78 is 0. The van der Waals surface area contributed by atoms with E-state index in [1.54, 1.807) is 24.4 Å². The first-order valence-electron chi connectivity index (χ1n) is 9.81. The molecule has 0 unspecified atom stereocenters. The summed E-state index contributed by atoms with van der Waals surface area (Å²) in [7, 11) is 3.70. The lowest BCUT2D eigenvalue weighted by atomic mass is 10.0. The lowest BCUT2D eigenvalue weighted by molar-refractivity contribution is 0.101. The van der Waals surface area contributed by atoms with Gasteiger partial charge in [-0.1, -0.05) is 12.1 Å². The highest BCUT2D eigenvalue weighted by Gasteiger charge is 2.15. The molecule has 2 N–H and O–H groups in total. The average Bonchev–Trinajstić information content (AvgIpc) is 2.75. The standard InChI is InChI=1S/C24H26N4O2/c1-17(29)18-7-12-22(23(16-18)28(2)3)24(30)27-21-10-8-20(9-11-21)26-15-13-19-6-4-5-14-25-19/h4-12,14,16,26H,13,15H2,1-3H3,(H,27,30). The molecule has 30 heavy (non-hydrogen) atoms. The monoisotopic (exact) mass is 402 g/mol. The van der Waals surface area contributed by atoms with Crippen LogP contribution in [0, 0.1) is 0 Å². The van der Waals surface area contributed by atoms with Gasteiger partial charge in [-0.05, 0) is 55.5 Å². The van der Waals surface area contributed by atoms with E-state index >= 15 is 0 Å². The molecule has 154 valence electrons. The molecule has 0 aliphatic heterocycles. The van der Waals surface area contributed by atoms with Gasteiger partial charge >= 0.3 is 0 Å². The van der Waals surface area contributed by atoms with Crippen LogP contribution in [0.5, 0.6) is 0 Å². The van der Waals surface area contributed by atoms with E-state index in [0.29, 0.717) is 22.5 Å². The van der Waals surface area contributed by atoms with Gasteiger partial charge in [-0.15, -0.1) is 0 Å². The summed E-state index contributed by atoms with van der Waals surface area (Å²) in [4.78, 5) is 30.6. The van der Waals surface area contributed by atoms with Crippen LogP contribution in [0.15, 0.2) is 66.9 Å². The highest BCUT2D eigenvalue weighted by atomic mass is 16.1. The maximum Gasteiger partial charge on any atom is 0.257 e. The normalized spacial score (nSPS) is 10.4. The summed E-state index contributed by atoms with van der Waals surface area (Å²) in [6.07, 6.45) is 2.63. The number of carbonyl (C=O) groups excluding carboxylic acids is 2. The van der Waals surface area contributed by atoms with Gasteiger partial charge in [0, 0.05) is 61.6 Å². The Bertz CT molecular complexity index is 1020. The molecule has 0 aliphatic rings. The molecule has 0 saturated carbocycles. The predicted octanol–water partition coefficient (Wildman–Crippen LogP) is 4.26. The van der Waals surface area contributed by atoms with Crippen molar-refractivity contribution in [2.24, 2.45) is 0 Å². The quantitative estimate of drug-likeness (QED) is 0.551. The summed E-state index contributed by atoms with van der Waals surface area (Å²) in [5.74, 6) is -0.249. The van der Waals surface area contributed by atoms with Crippen molar-refractivity contribution in [2.75, 3.05) is 36.2 Å². The molecule has 3 aromatic rings. The molecule has 0 aliphatic carbocycles. The van der Waals surface area contributed by atoms with Crippen LogP contribution in [0.4, 0.5) is 17.1 Å². The number of nitrogens with zero attached hydrogens (tertiary/aromatic N) is 2. The number of nitrogens with one attached hydrogen (secondary N) is 2. The Kier molecular flexibility index (Phi) is 6.80. The van der Waals surface area contributed by atoms with E-state index in [1.165, 1.54) is 6.92 Å². The van der Waals surface area contributed by atoms with Gasteiger partial charge in [0.1, 0.15) is 0 Å². The van der Waals surface area contributed by atoms with E-state index < -0.39 is 0 Å². The highest BCUT2D eigenvalue weighted by Crippen LogP contribution is 2.23. The van der Waals surface area contributed by atoms with Crippen LogP contribution in [0.25, 0.3) is 0 Å². The van der Waals surface area contributed by atoms with Crippen molar-refractivity contribution in [3.63, 3.8) is 0 Å². The predicted molar refractivity (Wildman–Crippen MR) is 122 cm³/mol. The molecule has 0 radical (unpaired) electrons. The number of ketones is 1. The number of carbonyl (C=O) groups is 2. The minimum absolute atomic E-state index is 0.0313. The molecular formula is C24H26N4O2. The summed E-state index contributed by atoms with van der Waals surface area (Å²) in [6.45, 7) is 2.29. The Morgan fingerprint density at radius 2 is 1.70 bits per heavy atom. The Morgan fingerprint density at radius 3 is 2.33 bits per heavy atom. The zero-order chi connectivity index (χ0) is 21.5. The Balaban J connectivity index is 1.62. The second-order valence-electron chi connectivity index (χ2n) is 7.21. The topological polar surface area (TPSA) is 74.3 Å². The summed E-state index contributed by atoms with van der Waals surface area (Å²) >= 11 is 0. The largest absolute Gasteiger partial charge is 0.385 e. The number of anilines is 3. The minimum Gasteiger partial charge on any atom is -0.385 e. The molecule has 0 saturated heterocycles. The van der Waals surface area contributed by atoms with Crippen molar-refractivity contribution in [3.8, 4) is 0 Å². The van der Waals surface area contributed by atoms with Gasteiger partial charge in [0.15, 0.2) is 5.78 Å². The third-order valence-electron chi connectivity index (χ3n) is 4.71. The van der Waals surface area contributed by atoms with Gasteiger partial charge in [0.2, 0.25) is 0 Å². The average molecular weight is 402 g/mol. The van der Waals surface area contributed by atoms with E-state index in [-0.39, 0.29) is 11.7 Å². The van der Waals surface area contributed by atoms with E-state index in [9.17, 15) is 9.59 Å². The van der Waals surface area contributed by atoms with Crippen molar-refractivity contribution >= 4 is 28.8 Å². The number of hydrogen-bond donors (Lipinski definition) is 2. The van der Waals surface area contributed by atoms with E-state index in [1.807, 2.05) is 61.5 Å². The van der Waals surface area contributed by atoms with Gasteiger partial charge in [-0.2, -0.15) is 0 Å². The van der Waals surface area contributed by atoms with Crippen molar-refractivity contribution in [2.45, 2.75) is 13.3 Å². The number of hydrogen-bond acceptors (Lipinski definition) is 5. The molecule has 0 fully saturated rings. The zero-order valence-electron chi connectivity index (χ0n) is 17.5. The van der Waals surface area contributed by atoms with Crippen LogP contribution in [-0.2, 0) is 6.42 Å². The van der Waals surface area contributed by atoms with Crippen LogP contribution in [0.2, 0.25) is 0 Å². The smallest absolute Gasteiger partial charge is 0.257 e. The first-order chi connectivity index (χ1) is 14.4. The van der Waals surface area contributed by atoms with Gasteiger partial charge in [0.25, 0.3) is 5.91 Å². The van der Waals surface area contributed by atoms with Crippen molar-refractivity contribution < 1.29 is 9.59 Å². The maximum absolute atomic E-state index is 12.8. The Hall–Kier alpha value is -3.67. The summed E-state index contributed by atoms with van der Waals surface area (Å²) in [5, 5.41) is 6.28. The van der Waals surface area contributed by atoms with Crippen molar-refractivity contribution in [3.05, 3.63) is 83.7 Å². The molecule has 1 aromatic heterocycles. The van der Waals surface area contributed by atoms with Crippen molar-refractivity contribution in [1.82, 2.24) is 4.98 Å². The molecule has 0 spiro atoms. The number of pyridine rings is 1. The van der Waals surface area contributed by atoms with Gasteiger partial charge in [-0.25, -0.2) is 0 Å². The minimum atomic E-state index is -0.218. The highest BCUT2D eigenvalue weighted by molar-refractivity contribution is 6.09. The van der Waals surface area contributed by atoms with E-state index in [0.717, 1.165) is 24.3 Å². The molecule has 0 bridgehead atoms. The van der Waals surface area contributed by atoms with E-state index in [4.69, 9.17) is 0 Å². The second kappa shape index (κ2) is 9.69. The lowest BCUT2D eigenvalue weighted by Crippen LogP contribution is -2.19. The molecule has 1 amide bonds. The first kappa shape index (κ1) is 21.0. The first-order valence-corrected chi connectivity index (χ1v) is 9.81. The number of aromatic nitrogens is 1. The summed E-state index contributed by atoms with van der Waals surface area (Å²) in [5.41, 5.74) is 4.52. The Morgan fingerprint density at radius 1 is 0.967 bits per heavy atom. The van der Waals surface area contributed by atoms with Crippen LogP contribution in [0.1, 0.15) is 33.3 Å². The van der Waals surface area contributed by atoms with Crippen LogP contribution in [-0.4, -0.2) is 37.3 Å². The number of Topliss-reactive ketones (excluding diaryl/α,β-unsaturated/α-hetero) is 1. The SMILES string of the molecule is CC(=O)c1ccc(C(=O)Nc2ccc(NCCc3ccccn3)cc2)c(N(C)C)c1. The molecule has 1 heterocycles. The molecule has 6 heteroatoms. The van der Waals surface area contributed by atoms with Crippen molar-refractivity contribution in [1.29, 1.82) is 0 Å². The lowest BCUT2D eigenvalue weighted by Gasteiger charge is -2.18. The number of amides is 1. The third-order valence-corrected chi connectivity index (χ3v) is 4.71. The second-order valence-corrected chi connectivity index (χ2v) is 7.21. The molecule has 3 rings (SSSR count). The fraction of sp³-hybridized carbons (Fsp3) is 0.208. The Labute approximate surface area is 177 Å². The fourth-order valence-electron chi connectivity index (χ4n) is 3.06. The van der Waals surface area contributed by atoms with E-state index in [2.05, 4.69) is 15.6 Å². The molecular weight excluding hydrogens is 376 g/mol. The zero-order valence-corrected chi connectivity index (χ0v) is 17.5. The molecule has 6 nitrogen and oxygen atoms in total. The third kappa shape index (κ3) is 5.44. The van der Waals surface area contributed by atoms with Crippen LogP contribution in [0.3, 0.4) is 0 Å². The number of benzene rings is 2. The molecule has 2 aromatic carbocycles. The summed E-state index contributed by atoms with van der Waals surface area (Å²) in [6, 6.07) is 18.6. The van der Waals surface area contributed by atoms with Gasteiger partial charge in [-0.3, -0.25) is 14.6 Å². The number of rotatable bonds is 8. The van der Waals surface area contributed by atoms with Crippen LogP contribution >= 0.6 is 0 Å². The van der Waals surface area contributed by atoms with Crippen LogP contribution < -0.4 is 15.5 Å². The van der Waals surface area contributed by atoms with Gasteiger partial charge < -0.3 is 15.5 Å². The fourth-order valence-corrected chi connectivity index (χ4v) is 3.06. The molecule has 0 atom stereocenters. The van der Waals surface area contributed by atoms with Gasteiger partial charge in [0.05, 0.1) is 5.56 Å². The maximum atomic E-state index is 12.8.